The molecule has 3 heterocycles. The van der Waals surface area contributed by atoms with Gasteiger partial charge in [-0.15, -0.1) is 6.42 Å². The second-order valence-electron chi connectivity index (χ2n) is 9.56. The summed E-state index contributed by atoms with van der Waals surface area (Å²) in [5.74, 6) is 2.49. The highest BCUT2D eigenvalue weighted by Gasteiger charge is 2.60. The first-order valence-corrected chi connectivity index (χ1v) is 12.0. The van der Waals surface area contributed by atoms with Crippen molar-refractivity contribution in [1.82, 2.24) is 19.7 Å². The van der Waals surface area contributed by atoms with Crippen molar-refractivity contribution in [3.8, 4) is 18.1 Å². The third-order valence-corrected chi connectivity index (χ3v) is 7.33. The van der Waals surface area contributed by atoms with Gasteiger partial charge in [0.2, 0.25) is 0 Å². The third kappa shape index (κ3) is 3.74. The quantitative estimate of drug-likeness (QED) is 0.402. The fourth-order valence-electron chi connectivity index (χ4n) is 5.46. The molecule has 1 fully saturated rings. The van der Waals surface area contributed by atoms with E-state index in [-0.39, 0.29) is 17.7 Å². The van der Waals surface area contributed by atoms with Crippen molar-refractivity contribution in [3.63, 3.8) is 0 Å². The molecule has 2 aliphatic rings. The molecule has 1 aromatic heterocycles. The Bertz CT molecular complexity index is 1380. The molecule has 0 aliphatic carbocycles. The van der Waals surface area contributed by atoms with Gasteiger partial charge in [-0.25, -0.2) is 4.79 Å². The van der Waals surface area contributed by atoms with Gasteiger partial charge in [0.05, 0.1) is 6.54 Å². The van der Waals surface area contributed by atoms with Gasteiger partial charge >= 0.3 is 6.03 Å². The summed E-state index contributed by atoms with van der Waals surface area (Å²) in [5.41, 5.74) is 2.35. The Kier molecular flexibility index (Phi) is 5.74. The van der Waals surface area contributed by atoms with Crippen LogP contribution < -0.4 is 0 Å². The Balaban J connectivity index is 1.59. The van der Waals surface area contributed by atoms with Gasteiger partial charge in [0, 0.05) is 41.1 Å². The predicted molar refractivity (Wildman–Crippen MR) is 135 cm³/mol. The SMILES string of the molecule is C#CCN(C)CCCN1C(=O)N2C(c3cccc(O)c3)c3[nH]c4ccc(Cl)cc4c3CC2(C)C1=O. The van der Waals surface area contributed by atoms with Crippen LogP contribution in [0.4, 0.5) is 4.79 Å². The number of phenols is 1. The van der Waals surface area contributed by atoms with E-state index in [1.165, 1.54) is 4.90 Å². The molecule has 5 rings (SSSR count). The number of carbonyl (C=O) groups excluding carboxylic acids is 2. The minimum absolute atomic E-state index is 0.0989. The van der Waals surface area contributed by atoms with Crippen LogP contribution in [0.5, 0.6) is 5.75 Å². The number of aromatic hydroxyl groups is 1. The van der Waals surface area contributed by atoms with Crippen LogP contribution in [0.3, 0.4) is 0 Å². The summed E-state index contributed by atoms with van der Waals surface area (Å²) in [7, 11) is 1.92. The molecule has 0 bridgehead atoms. The third-order valence-electron chi connectivity index (χ3n) is 7.10. The number of amides is 3. The lowest BCUT2D eigenvalue weighted by molar-refractivity contribution is -0.133. The molecule has 0 saturated carbocycles. The lowest BCUT2D eigenvalue weighted by atomic mass is 9.81. The summed E-state index contributed by atoms with van der Waals surface area (Å²) >= 11 is 6.32. The lowest BCUT2D eigenvalue weighted by Crippen LogP contribution is -2.53. The number of carbonyl (C=O) groups is 2. The Morgan fingerprint density at radius 3 is 2.83 bits per heavy atom. The van der Waals surface area contributed by atoms with E-state index in [1.54, 1.807) is 23.1 Å². The zero-order valence-electron chi connectivity index (χ0n) is 19.7. The van der Waals surface area contributed by atoms with Crippen LogP contribution in [0.2, 0.25) is 5.02 Å². The molecule has 0 radical (unpaired) electrons. The molecule has 35 heavy (non-hydrogen) atoms. The number of H-pyrrole nitrogens is 1. The second-order valence-corrected chi connectivity index (χ2v) is 10.00. The second kappa shape index (κ2) is 8.63. The fourth-order valence-corrected chi connectivity index (χ4v) is 5.63. The zero-order valence-corrected chi connectivity index (χ0v) is 20.5. The summed E-state index contributed by atoms with van der Waals surface area (Å²) < 4.78 is 0. The number of hydrogen-bond acceptors (Lipinski definition) is 4. The Hall–Kier alpha value is -3.47. The maximum Gasteiger partial charge on any atom is 0.328 e. The van der Waals surface area contributed by atoms with E-state index in [0.717, 1.165) is 27.7 Å². The normalized spacial score (nSPS) is 21.5. The summed E-state index contributed by atoms with van der Waals surface area (Å²) in [4.78, 5) is 36.1. The van der Waals surface area contributed by atoms with E-state index in [2.05, 4.69) is 10.9 Å². The molecular formula is C27H27ClN4O3. The van der Waals surface area contributed by atoms with Crippen molar-refractivity contribution >= 4 is 34.4 Å². The van der Waals surface area contributed by atoms with E-state index in [4.69, 9.17) is 18.0 Å². The number of rotatable bonds is 6. The monoisotopic (exact) mass is 490 g/mol. The van der Waals surface area contributed by atoms with E-state index in [0.29, 0.717) is 37.5 Å². The molecule has 3 amide bonds. The van der Waals surface area contributed by atoms with Gasteiger partial charge in [-0.2, -0.15) is 0 Å². The van der Waals surface area contributed by atoms with Gasteiger partial charge in [-0.3, -0.25) is 19.5 Å². The number of hydrogen-bond donors (Lipinski definition) is 2. The molecule has 2 aromatic carbocycles. The number of benzene rings is 2. The molecular weight excluding hydrogens is 464 g/mol. The minimum Gasteiger partial charge on any atom is -0.508 e. The summed E-state index contributed by atoms with van der Waals surface area (Å²) in [5, 5.41) is 11.8. The van der Waals surface area contributed by atoms with Gasteiger partial charge in [-0.1, -0.05) is 29.7 Å². The van der Waals surface area contributed by atoms with Crippen LogP contribution in [0.1, 0.15) is 36.2 Å². The molecule has 7 nitrogen and oxygen atoms in total. The van der Waals surface area contributed by atoms with Crippen LogP contribution >= 0.6 is 11.6 Å². The standard InChI is InChI=1S/C27H27ClN4O3/c1-4-11-30(3)12-6-13-31-25(34)27(2)16-21-20-15-18(28)9-10-22(20)29-23(21)24(32(27)26(31)35)17-7-5-8-19(33)14-17/h1,5,7-10,14-15,24,29,33H,6,11-13,16H2,2-3H3. The van der Waals surface area contributed by atoms with Crippen LogP contribution in [0.15, 0.2) is 42.5 Å². The highest BCUT2D eigenvalue weighted by atomic mass is 35.5. The Morgan fingerprint density at radius 1 is 1.29 bits per heavy atom. The smallest absolute Gasteiger partial charge is 0.328 e. The molecule has 0 spiro atoms. The Labute approximate surface area is 209 Å². The molecule has 2 N–H and O–H groups in total. The number of aromatic nitrogens is 1. The first-order valence-electron chi connectivity index (χ1n) is 11.6. The number of nitrogens with zero attached hydrogens (tertiary/aromatic N) is 3. The zero-order chi connectivity index (χ0) is 24.9. The molecule has 2 atom stereocenters. The van der Waals surface area contributed by atoms with Gasteiger partial charge in [-0.05, 0) is 61.9 Å². The largest absolute Gasteiger partial charge is 0.508 e. The van der Waals surface area contributed by atoms with Crippen molar-refractivity contribution in [1.29, 1.82) is 0 Å². The molecule has 2 aliphatic heterocycles. The first kappa shape index (κ1) is 23.3. The number of urea groups is 1. The first-order chi connectivity index (χ1) is 16.7. The van der Waals surface area contributed by atoms with Crippen LogP contribution in [-0.4, -0.2) is 68.9 Å². The van der Waals surface area contributed by atoms with Gasteiger partial charge < -0.3 is 10.1 Å². The van der Waals surface area contributed by atoms with E-state index < -0.39 is 11.6 Å². The predicted octanol–water partition coefficient (Wildman–Crippen LogP) is 4.15. The van der Waals surface area contributed by atoms with Crippen molar-refractivity contribution in [3.05, 3.63) is 64.3 Å². The van der Waals surface area contributed by atoms with E-state index >= 15 is 0 Å². The van der Waals surface area contributed by atoms with Crippen molar-refractivity contribution < 1.29 is 14.7 Å². The van der Waals surface area contributed by atoms with Crippen LogP contribution in [0, 0.1) is 12.3 Å². The average Bonchev–Trinajstić information content (AvgIpc) is 3.25. The van der Waals surface area contributed by atoms with Crippen LogP contribution in [0.25, 0.3) is 10.9 Å². The number of nitrogens with one attached hydrogen (secondary N) is 1. The molecule has 3 aromatic rings. The summed E-state index contributed by atoms with van der Waals surface area (Å²) in [6.07, 6.45) is 6.38. The van der Waals surface area contributed by atoms with E-state index in [1.807, 2.05) is 43.1 Å². The molecule has 2 unspecified atom stereocenters. The average molecular weight is 491 g/mol. The number of fused-ring (bicyclic) bond motifs is 4. The number of phenolic OH excluding ortho intramolecular Hbond substituents is 1. The van der Waals surface area contributed by atoms with Crippen LogP contribution in [-0.2, 0) is 11.2 Å². The topological polar surface area (TPSA) is 79.9 Å². The maximum absolute atomic E-state index is 13.8. The molecule has 8 heteroatoms. The highest BCUT2D eigenvalue weighted by molar-refractivity contribution is 6.31. The van der Waals surface area contributed by atoms with Gasteiger partial charge in [0.15, 0.2) is 0 Å². The number of terminal acetylenes is 1. The van der Waals surface area contributed by atoms with Gasteiger partial charge in [0.25, 0.3) is 5.91 Å². The van der Waals surface area contributed by atoms with Crippen molar-refractivity contribution in [2.75, 3.05) is 26.7 Å². The lowest BCUT2D eigenvalue weighted by Gasteiger charge is -2.42. The minimum atomic E-state index is -1.07. The van der Waals surface area contributed by atoms with Gasteiger partial charge in [0.1, 0.15) is 17.3 Å². The van der Waals surface area contributed by atoms with Crippen molar-refractivity contribution in [2.45, 2.75) is 31.3 Å². The fraction of sp³-hybridized carbons (Fsp3) is 0.333. The van der Waals surface area contributed by atoms with E-state index in [9.17, 15) is 14.7 Å². The maximum atomic E-state index is 13.8. The number of imide groups is 1. The number of halogens is 1. The van der Waals surface area contributed by atoms with Crippen molar-refractivity contribution in [2.24, 2.45) is 0 Å². The summed E-state index contributed by atoms with van der Waals surface area (Å²) in [6.45, 7) is 3.33. The molecule has 180 valence electrons. The Morgan fingerprint density at radius 2 is 2.09 bits per heavy atom. The number of aromatic amines is 1. The summed E-state index contributed by atoms with van der Waals surface area (Å²) in [6, 6.07) is 11.6. The highest BCUT2D eigenvalue weighted by Crippen LogP contribution is 2.49. The molecule has 1 saturated heterocycles.